The van der Waals surface area contributed by atoms with Gasteiger partial charge in [0.15, 0.2) is 0 Å². The Balaban J connectivity index is 1.92. The van der Waals surface area contributed by atoms with Gasteiger partial charge in [-0.25, -0.2) is 4.68 Å². The van der Waals surface area contributed by atoms with Crippen molar-refractivity contribution in [3.8, 4) is 5.69 Å². The standard InChI is InChI=1S/C14H20N4/c1-2-10-15-11-6-9-14-12-16-17-18(14)13-7-4-3-5-8-13/h3-5,7-8,12,15H,2,6,9-11H2,1H3. The van der Waals surface area contributed by atoms with Crippen LogP contribution in [0.4, 0.5) is 0 Å². The Bertz CT molecular complexity index is 450. The average Bonchev–Trinajstić information content (AvgIpc) is 2.88. The molecule has 2 rings (SSSR count). The average molecular weight is 244 g/mol. The number of aryl methyl sites for hydroxylation is 1. The number of rotatable bonds is 7. The molecule has 0 atom stereocenters. The summed E-state index contributed by atoms with van der Waals surface area (Å²) >= 11 is 0. The predicted molar refractivity (Wildman–Crippen MR) is 72.8 cm³/mol. The molecule has 0 aliphatic heterocycles. The van der Waals surface area contributed by atoms with Crippen LogP contribution in [0, 0.1) is 0 Å². The third-order valence-corrected chi connectivity index (χ3v) is 2.83. The maximum absolute atomic E-state index is 4.15. The quantitative estimate of drug-likeness (QED) is 0.759. The van der Waals surface area contributed by atoms with E-state index in [4.69, 9.17) is 0 Å². The van der Waals surface area contributed by atoms with E-state index in [9.17, 15) is 0 Å². The van der Waals surface area contributed by atoms with Crippen molar-refractivity contribution in [3.63, 3.8) is 0 Å². The number of para-hydroxylation sites is 1. The van der Waals surface area contributed by atoms with Crippen LogP contribution in [0.3, 0.4) is 0 Å². The molecule has 96 valence electrons. The number of hydrogen-bond acceptors (Lipinski definition) is 3. The molecule has 1 N–H and O–H groups in total. The Morgan fingerprint density at radius 2 is 2.00 bits per heavy atom. The second-order valence-electron chi connectivity index (χ2n) is 4.33. The van der Waals surface area contributed by atoms with Crippen molar-refractivity contribution in [2.24, 2.45) is 0 Å². The van der Waals surface area contributed by atoms with Gasteiger partial charge in [0.2, 0.25) is 0 Å². The molecule has 18 heavy (non-hydrogen) atoms. The lowest BCUT2D eigenvalue weighted by Gasteiger charge is -2.06. The number of nitrogens with zero attached hydrogens (tertiary/aromatic N) is 3. The molecular formula is C14H20N4. The predicted octanol–water partition coefficient (Wildman–Crippen LogP) is 2.20. The van der Waals surface area contributed by atoms with Crippen molar-refractivity contribution in [2.45, 2.75) is 26.2 Å². The van der Waals surface area contributed by atoms with Gasteiger partial charge in [0, 0.05) is 0 Å². The zero-order valence-electron chi connectivity index (χ0n) is 10.8. The van der Waals surface area contributed by atoms with Crippen LogP contribution < -0.4 is 5.32 Å². The van der Waals surface area contributed by atoms with Crippen LogP contribution in [0.25, 0.3) is 5.69 Å². The first-order valence-electron chi connectivity index (χ1n) is 6.57. The third-order valence-electron chi connectivity index (χ3n) is 2.83. The van der Waals surface area contributed by atoms with Crippen molar-refractivity contribution in [1.29, 1.82) is 0 Å². The summed E-state index contributed by atoms with van der Waals surface area (Å²) in [7, 11) is 0. The van der Waals surface area contributed by atoms with Crippen LogP contribution >= 0.6 is 0 Å². The maximum Gasteiger partial charge on any atom is 0.0729 e. The Morgan fingerprint density at radius 1 is 1.17 bits per heavy atom. The summed E-state index contributed by atoms with van der Waals surface area (Å²) < 4.78 is 1.92. The first-order valence-corrected chi connectivity index (χ1v) is 6.57. The van der Waals surface area contributed by atoms with Crippen molar-refractivity contribution in [1.82, 2.24) is 20.3 Å². The molecule has 0 amide bonds. The van der Waals surface area contributed by atoms with Gasteiger partial charge in [0.1, 0.15) is 0 Å². The Hall–Kier alpha value is -1.68. The summed E-state index contributed by atoms with van der Waals surface area (Å²) in [6, 6.07) is 10.1. The molecule has 1 heterocycles. The second-order valence-corrected chi connectivity index (χ2v) is 4.33. The maximum atomic E-state index is 4.15. The molecule has 1 aromatic heterocycles. The molecule has 0 fully saturated rings. The molecule has 0 aliphatic carbocycles. The van der Waals surface area contributed by atoms with E-state index in [-0.39, 0.29) is 0 Å². The van der Waals surface area contributed by atoms with Crippen LogP contribution in [-0.4, -0.2) is 28.1 Å². The monoisotopic (exact) mass is 244 g/mol. The van der Waals surface area contributed by atoms with E-state index in [1.54, 1.807) is 0 Å². The number of hydrogen-bond donors (Lipinski definition) is 1. The fourth-order valence-corrected chi connectivity index (χ4v) is 1.91. The van der Waals surface area contributed by atoms with Gasteiger partial charge in [-0.3, -0.25) is 0 Å². The molecule has 0 aliphatic rings. The van der Waals surface area contributed by atoms with Gasteiger partial charge in [-0.2, -0.15) is 0 Å². The molecule has 0 saturated carbocycles. The lowest BCUT2D eigenvalue weighted by Crippen LogP contribution is -2.17. The smallest absolute Gasteiger partial charge is 0.0729 e. The first-order chi connectivity index (χ1) is 8.92. The molecule has 4 heteroatoms. The summed E-state index contributed by atoms with van der Waals surface area (Å²) in [5.41, 5.74) is 2.24. The lowest BCUT2D eigenvalue weighted by atomic mass is 10.2. The molecule has 0 unspecified atom stereocenters. The molecule has 0 spiro atoms. The van der Waals surface area contributed by atoms with E-state index in [0.29, 0.717) is 0 Å². The Morgan fingerprint density at radius 3 is 2.78 bits per heavy atom. The van der Waals surface area contributed by atoms with Gasteiger partial charge < -0.3 is 5.32 Å². The van der Waals surface area contributed by atoms with E-state index in [2.05, 4.69) is 22.6 Å². The van der Waals surface area contributed by atoms with Gasteiger partial charge in [-0.1, -0.05) is 30.3 Å². The van der Waals surface area contributed by atoms with Gasteiger partial charge in [0.05, 0.1) is 17.6 Å². The van der Waals surface area contributed by atoms with Crippen LogP contribution in [0.15, 0.2) is 36.5 Å². The van der Waals surface area contributed by atoms with Crippen LogP contribution in [0.2, 0.25) is 0 Å². The minimum Gasteiger partial charge on any atom is -0.317 e. The van der Waals surface area contributed by atoms with E-state index >= 15 is 0 Å². The molecule has 4 nitrogen and oxygen atoms in total. The van der Waals surface area contributed by atoms with Crippen molar-refractivity contribution in [3.05, 3.63) is 42.2 Å². The van der Waals surface area contributed by atoms with E-state index in [1.807, 2.05) is 41.2 Å². The molecule has 0 saturated heterocycles. The van der Waals surface area contributed by atoms with Crippen LogP contribution in [0.5, 0.6) is 0 Å². The molecule has 0 bridgehead atoms. The number of aromatic nitrogens is 3. The topological polar surface area (TPSA) is 42.7 Å². The first kappa shape index (κ1) is 12.8. The van der Waals surface area contributed by atoms with Crippen molar-refractivity contribution < 1.29 is 0 Å². The minimum atomic E-state index is 0.999. The summed E-state index contributed by atoms with van der Waals surface area (Å²) in [5, 5.41) is 11.6. The van der Waals surface area contributed by atoms with Crippen LogP contribution in [0.1, 0.15) is 25.5 Å². The zero-order valence-corrected chi connectivity index (χ0v) is 10.8. The Labute approximate surface area is 108 Å². The molecule has 1 aromatic carbocycles. The second kappa shape index (κ2) is 6.91. The molecule has 0 radical (unpaired) electrons. The summed E-state index contributed by atoms with van der Waals surface area (Å²) in [5.74, 6) is 0. The van der Waals surface area contributed by atoms with E-state index in [1.165, 1.54) is 12.1 Å². The lowest BCUT2D eigenvalue weighted by molar-refractivity contribution is 0.628. The number of benzene rings is 1. The highest BCUT2D eigenvalue weighted by atomic mass is 15.4. The fraction of sp³-hybridized carbons (Fsp3) is 0.429. The van der Waals surface area contributed by atoms with Gasteiger partial charge >= 0.3 is 0 Å². The van der Waals surface area contributed by atoms with Crippen molar-refractivity contribution in [2.75, 3.05) is 13.1 Å². The summed E-state index contributed by atoms with van der Waals surface area (Å²) in [6.45, 7) is 4.32. The molecular weight excluding hydrogens is 224 g/mol. The Kier molecular flexibility index (Phi) is 4.90. The van der Waals surface area contributed by atoms with E-state index in [0.717, 1.165) is 31.6 Å². The highest BCUT2D eigenvalue weighted by Crippen LogP contribution is 2.09. The van der Waals surface area contributed by atoms with Crippen molar-refractivity contribution >= 4 is 0 Å². The fourth-order valence-electron chi connectivity index (χ4n) is 1.91. The molecule has 2 aromatic rings. The minimum absolute atomic E-state index is 0.999. The summed E-state index contributed by atoms with van der Waals surface area (Å²) in [4.78, 5) is 0. The highest BCUT2D eigenvalue weighted by molar-refractivity contribution is 5.31. The van der Waals surface area contributed by atoms with Gasteiger partial charge in [-0.05, 0) is 44.5 Å². The van der Waals surface area contributed by atoms with E-state index < -0.39 is 0 Å². The SMILES string of the molecule is CCCNCCCc1cnnn1-c1ccccc1. The largest absolute Gasteiger partial charge is 0.317 e. The van der Waals surface area contributed by atoms with Gasteiger partial charge in [-0.15, -0.1) is 5.10 Å². The highest BCUT2D eigenvalue weighted by Gasteiger charge is 2.04. The third kappa shape index (κ3) is 3.40. The van der Waals surface area contributed by atoms with Gasteiger partial charge in [0.25, 0.3) is 0 Å². The summed E-state index contributed by atoms with van der Waals surface area (Å²) in [6.07, 6.45) is 5.15. The number of nitrogens with one attached hydrogen (secondary N) is 1. The zero-order chi connectivity index (χ0) is 12.6. The normalized spacial score (nSPS) is 10.7. The van der Waals surface area contributed by atoms with Crippen LogP contribution in [-0.2, 0) is 6.42 Å².